The molecule has 0 bridgehead atoms. The quantitative estimate of drug-likeness (QED) is 0.487. The van der Waals surface area contributed by atoms with Crippen LogP contribution in [0.4, 0.5) is 0 Å². The number of carbonyl (C=O) groups excluding carboxylic acids is 1. The summed E-state index contributed by atoms with van der Waals surface area (Å²) in [6.45, 7) is 0. The fourth-order valence-corrected chi connectivity index (χ4v) is 2.60. The third kappa shape index (κ3) is 2.30. The molecule has 0 aromatic heterocycles. The van der Waals surface area contributed by atoms with Gasteiger partial charge in [-0.2, -0.15) is 5.10 Å². The molecule has 1 atom stereocenters. The number of amidine groups is 1. The number of hydrazone groups is 1. The van der Waals surface area contributed by atoms with Crippen LogP contribution in [0.2, 0.25) is 5.02 Å². The molecule has 0 radical (unpaired) electrons. The Morgan fingerprint density at radius 2 is 2.00 bits per heavy atom. The van der Waals surface area contributed by atoms with Gasteiger partial charge < -0.3 is 4.90 Å². The summed E-state index contributed by atoms with van der Waals surface area (Å²) in [4.78, 5) is 13.4. The number of benzene rings is 1. The highest BCUT2D eigenvalue weighted by molar-refractivity contribution is 6.30. The molecule has 0 spiro atoms. The van der Waals surface area contributed by atoms with Crippen LogP contribution in [-0.4, -0.2) is 40.2 Å². The Hall–Kier alpha value is -1.26. The van der Waals surface area contributed by atoms with Gasteiger partial charge in [0, 0.05) is 16.6 Å². The molecule has 19 heavy (non-hydrogen) atoms. The van der Waals surface area contributed by atoms with E-state index in [0.29, 0.717) is 11.1 Å². The Balaban J connectivity index is 1.97. The summed E-state index contributed by atoms with van der Waals surface area (Å²) in [5, 5.41) is 6.76. The third-order valence-corrected chi connectivity index (χ3v) is 3.84. The van der Waals surface area contributed by atoms with Crippen LogP contribution in [-0.2, 0) is 4.79 Å². The summed E-state index contributed by atoms with van der Waals surface area (Å²) < 4.78 is 0. The molecular weight excluding hydrogens is 285 g/mol. The average molecular weight is 298 g/mol. The Morgan fingerprint density at radius 3 is 2.53 bits per heavy atom. The van der Waals surface area contributed by atoms with Crippen LogP contribution < -0.4 is 0 Å². The van der Waals surface area contributed by atoms with Gasteiger partial charge in [-0.15, -0.1) is 11.6 Å². The second-order valence-corrected chi connectivity index (χ2v) is 5.35. The van der Waals surface area contributed by atoms with Crippen LogP contribution >= 0.6 is 23.2 Å². The van der Waals surface area contributed by atoms with Crippen molar-refractivity contribution in [2.45, 2.75) is 25.0 Å². The molecule has 0 N–H and O–H groups in total. The monoisotopic (exact) mass is 297 g/mol. The minimum atomic E-state index is -0.393. The summed E-state index contributed by atoms with van der Waals surface area (Å²) in [5.41, 5.74) is 0.954. The molecule has 2 aliphatic rings. The molecule has 1 aliphatic carbocycles. The van der Waals surface area contributed by atoms with Gasteiger partial charge in [0.25, 0.3) is 0 Å². The number of halogens is 2. The predicted octanol–water partition coefficient (Wildman–Crippen LogP) is 2.50. The van der Waals surface area contributed by atoms with Crippen molar-refractivity contribution in [2.75, 3.05) is 6.00 Å². The fourth-order valence-electron chi connectivity index (χ4n) is 2.28. The standard InChI is InChI=1S/C13H13Cl2N3O/c14-8-17-12(7-19)18(11-5-6-11)13(16-17)9-1-3-10(15)4-2-9/h1-4,7,11-12H,5-6,8H2. The summed E-state index contributed by atoms with van der Waals surface area (Å²) in [6.07, 6.45) is 2.68. The van der Waals surface area contributed by atoms with Crippen LogP contribution in [0, 0.1) is 0 Å². The van der Waals surface area contributed by atoms with Gasteiger partial charge in [-0.1, -0.05) is 11.6 Å². The predicted molar refractivity (Wildman–Crippen MR) is 75.3 cm³/mol. The second-order valence-electron chi connectivity index (χ2n) is 4.68. The third-order valence-electron chi connectivity index (χ3n) is 3.34. The van der Waals surface area contributed by atoms with Gasteiger partial charge in [0.1, 0.15) is 6.00 Å². The zero-order chi connectivity index (χ0) is 13.4. The van der Waals surface area contributed by atoms with Crippen molar-refractivity contribution in [3.05, 3.63) is 34.9 Å². The van der Waals surface area contributed by atoms with Gasteiger partial charge in [0.05, 0.1) is 0 Å². The van der Waals surface area contributed by atoms with Crippen LogP contribution in [0.5, 0.6) is 0 Å². The number of carbonyl (C=O) groups is 1. The molecule has 0 amide bonds. The molecule has 3 rings (SSSR count). The van der Waals surface area contributed by atoms with E-state index in [4.69, 9.17) is 23.2 Å². The highest BCUT2D eigenvalue weighted by Crippen LogP contribution is 2.34. The Bertz CT molecular complexity index is 513. The smallest absolute Gasteiger partial charge is 0.177 e. The minimum absolute atomic E-state index is 0.198. The zero-order valence-electron chi connectivity index (χ0n) is 10.2. The van der Waals surface area contributed by atoms with Gasteiger partial charge in [0.15, 0.2) is 18.3 Å². The van der Waals surface area contributed by atoms with E-state index in [1.807, 2.05) is 24.3 Å². The molecule has 100 valence electrons. The van der Waals surface area contributed by atoms with E-state index in [9.17, 15) is 4.79 Å². The molecule has 1 unspecified atom stereocenters. The van der Waals surface area contributed by atoms with E-state index in [-0.39, 0.29) is 6.00 Å². The SMILES string of the molecule is O=CC1N(CCl)N=C(c2ccc(Cl)cc2)N1C1CC1. The van der Waals surface area contributed by atoms with E-state index >= 15 is 0 Å². The van der Waals surface area contributed by atoms with E-state index in [1.165, 1.54) is 0 Å². The van der Waals surface area contributed by atoms with Crippen LogP contribution in [0.15, 0.2) is 29.4 Å². The van der Waals surface area contributed by atoms with Crippen molar-refractivity contribution in [2.24, 2.45) is 5.10 Å². The minimum Gasteiger partial charge on any atom is -0.324 e. The van der Waals surface area contributed by atoms with Crippen molar-refractivity contribution < 1.29 is 4.79 Å². The number of rotatable bonds is 4. The normalized spacial score (nSPS) is 22.6. The van der Waals surface area contributed by atoms with Crippen molar-refractivity contribution >= 4 is 35.3 Å². The number of aldehydes is 1. The highest BCUT2D eigenvalue weighted by atomic mass is 35.5. The summed E-state index contributed by atoms with van der Waals surface area (Å²) in [7, 11) is 0. The molecule has 0 saturated heterocycles. The van der Waals surface area contributed by atoms with E-state index in [2.05, 4.69) is 10.0 Å². The van der Waals surface area contributed by atoms with Gasteiger partial charge in [-0.3, -0.25) is 9.80 Å². The van der Waals surface area contributed by atoms with Gasteiger partial charge in [0.2, 0.25) is 0 Å². The highest BCUT2D eigenvalue weighted by Gasteiger charge is 2.42. The Morgan fingerprint density at radius 1 is 1.32 bits per heavy atom. The first kappa shape index (κ1) is 12.8. The largest absolute Gasteiger partial charge is 0.324 e. The van der Waals surface area contributed by atoms with Gasteiger partial charge in [-0.25, -0.2) is 0 Å². The first-order valence-corrected chi connectivity index (χ1v) is 7.06. The maximum Gasteiger partial charge on any atom is 0.177 e. The molecule has 1 aliphatic heterocycles. The molecule has 1 heterocycles. The van der Waals surface area contributed by atoms with E-state index in [1.54, 1.807) is 5.01 Å². The molecule has 1 saturated carbocycles. The van der Waals surface area contributed by atoms with E-state index < -0.39 is 6.17 Å². The maximum atomic E-state index is 11.3. The number of alkyl halides is 1. The number of nitrogens with zero attached hydrogens (tertiary/aromatic N) is 3. The molecule has 1 aromatic rings. The summed E-state index contributed by atoms with van der Waals surface area (Å²) >= 11 is 11.8. The first-order chi connectivity index (χ1) is 9.24. The van der Waals surface area contributed by atoms with Gasteiger partial charge in [-0.05, 0) is 37.1 Å². The molecule has 1 fully saturated rings. The van der Waals surface area contributed by atoms with Gasteiger partial charge >= 0.3 is 0 Å². The Labute approximate surface area is 121 Å². The van der Waals surface area contributed by atoms with Crippen molar-refractivity contribution in [3.8, 4) is 0 Å². The lowest BCUT2D eigenvalue weighted by Gasteiger charge is -2.26. The topological polar surface area (TPSA) is 35.9 Å². The lowest BCUT2D eigenvalue weighted by molar-refractivity contribution is -0.115. The second kappa shape index (κ2) is 5.02. The van der Waals surface area contributed by atoms with Crippen molar-refractivity contribution in [1.29, 1.82) is 0 Å². The van der Waals surface area contributed by atoms with Crippen molar-refractivity contribution in [3.63, 3.8) is 0 Å². The van der Waals surface area contributed by atoms with Crippen LogP contribution in [0.1, 0.15) is 18.4 Å². The number of hydrogen-bond acceptors (Lipinski definition) is 4. The van der Waals surface area contributed by atoms with Crippen molar-refractivity contribution in [1.82, 2.24) is 9.91 Å². The summed E-state index contributed by atoms with van der Waals surface area (Å²) in [5.74, 6) is 0.803. The number of hydrogen-bond donors (Lipinski definition) is 0. The molecule has 4 nitrogen and oxygen atoms in total. The fraction of sp³-hybridized carbons (Fsp3) is 0.385. The van der Waals surface area contributed by atoms with Crippen LogP contribution in [0.25, 0.3) is 0 Å². The molecule has 1 aromatic carbocycles. The summed E-state index contributed by atoms with van der Waals surface area (Å²) in [6, 6.07) is 8.06. The molecular formula is C13H13Cl2N3O. The van der Waals surface area contributed by atoms with Crippen LogP contribution in [0.3, 0.4) is 0 Å². The average Bonchev–Trinajstić information content (AvgIpc) is 3.20. The Kier molecular flexibility index (Phi) is 3.37. The molecule has 6 heteroatoms. The first-order valence-electron chi connectivity index (χ1n) is 6.15. The van der Waals surface area contributed by atoms with E-state index in [0.717, 1.165) is 30.5 Å². The lowest BCUT2D eigenvalue weighted by atomic mass is 10.2. The zero-order valence-corrected chi connectivity index (χ0v) is 11.7. The lowest BCUT2D eigenvalue weighted by Crippen LogP contribution is -2.44. The maximum absolute atomic E-state index is 11.3.